The summed E-state index contributed by atoms with van der Waals surface area (Å²) in [5, 5.41) is 0. The van der Waals surface area contributed by atoms with E-state index in [9.17, 15) is 0 Å². The van der Waals surface area contributed by atoms with Gasteiger partial charge < -0.3 is 0 Å². The molecular formula is C12H25. The van der Waals surface area contributed by atoms with Crippen molar-refractivity contribution in [2.24, 2.45) is 5.92 Å². The van der Waals surface area contributed by atoms with Gasteiger partial charge in [-0.15, -0.1) is 0 Å². The second kappa shape index (κ2) is 9.09. The molecule has 1 unspecified atom stereocenters. The number of hydrogen-bond acceptors (Lipinski definition) is 0. The SMILES string of the molecule is CCCCCC[CH]C(C)CCC. The first-order valence-electron chi connectivity index (χ1n) is 5.64. The van der Waals surface area contributed by atoms with Crippen LogP contribution >= 0.6 is 0 Å². The van der Waals surface area contributed by atoms with Gasteiger partial charge in [0.1, 0.15) is 0 Å². The normalized spacial score (nSPS) is 13.2. The Balaban J connectivity index is 2.97. The lowest BCUT2D eigenvalue weighted by Gasteiger charge is -2.08. The first-order valence-corrected chi connectivity index (χ1v) is 5.64. The van der Waals surface area contributed by atoms with Crippen molar-refractivity contribution < 1.29 is 0 Å². The summed E-state index contributed by atoms with van der Waals surface area (Å²) in [6, 6.07) is 0. The van der Waals surface area contributed by atoms with Gasteiger partial charge in [-0.1, -0.05) is 59.3 Å². The van der Waals surface area contributed by atoms with E-state index in [1.165, 1.54) is 44.9 Å². The Morgan fingerprint density at radius 2 is 1.75 bits per heavy atom. The van der Waals surface area contributed by atoms with Gasteiger partial charge in [0.25, 0.3) is 0 Å². The number of rotatable bonds is 8. The first-order chi connectivity index (χ1) is 5.81. The van der Waals surface area contributed by atoms with Crippen LogP contribution in [0, 0.1) is 12.3 Å². The molecule has 0 N–H and O–H groups in total. The van der Waals surface area contributed by atoms with Crippen LogP contribution in [0.3, 0.4) is 0 Å². The Labute approximate surface area is 78.8 Å². The van der Waals surface area contributed by atoms with Crippen LogP contribution in [-0.4, -0.2) is 0 Å². The summed E-state index contributed by atoms with van der Waals surface area (Å²) in [5.74, 6) is 0.844. The molecule has 0 aromatic carbocycles. The molecule has 0 aromatic rings. The zero-order valence-corrected chi connectivity index (χ0v) is 9.10. The Morgan fingerprint density at radius 1 is 1.00 bits per heavy atom. The fourth-order valence-electron chi connectivity index (χ4n) is 1.55. The number of hydrogen-bond donors (Lipinski definition) is 0. The van der Waals surface area contributed by atoms with Gasteiger partial charge in [-0.3, -0.25) is 0 Å². The van der Waals surface area contributed by atoms with Gasteiger partial charge in [0.05, 0.1) is 0 Å². The van der Waals surface area contributed by atoms with Gasteiger partial charge in [0.2, 0.25) is 0 Å². The monoisotopic (exact) mass is 169 g/mol. The van der Waals surface area contributed by atoms with Crippen LogP contribution in [0.1, 0.15) is 65.7 Å². The molecule has 0 aliphatic heterocycles. The molecule has 0 aromatic heterocycles. The topological polar surface area (TPSA) is 0 Å². The number of unbranched alkanes of at least 4 members (excludes halogenated alkanes) is 4. The lowest BCUT2D eigenvalue weighted by molar-refractivity contribution is 0.550. The third-order valence-electron chi connectivity index (χ3n) is 2.37. The molecule has 0 nitrogen and oxygen atoms in total. The van der Waals surface area contributed by atoms with Crippen LogP contribution in [0.5, 0.6) is 0 Å². The molecular weight excluding hydrogens is 144 g/mol. The maximum atomic E-state index is 2.50. The lowest BCUT2D eigenvalue weighted by Crippen LogP contribution is -1.94. The van der Waals surface area contributed by atoms with Crippen molar-refractivity contribution in [3.8, 4) is 0 Å². The summed E-state index contributed by atoms with van der Waals surface area (Å²) >= 11 is 0. The highest BCUT2D eigenvalue weighted by Crippen LogP contribution is 2.14. The Kier molecular flexibility index (Phi) is 9.09. The van der Waals surface area contributed by atoms with Crippen molar-refractivity contribution in [1.82, 2.24) is 0 Å². The smallest absolute Gasteiger partial charge is 0.0358 e. The quantitative estimate of drug-likeness (QED) is 0.466. The highest BCUT2D eigenvalue weighted by Gasteiger charge is 1.99. The van der Waals surface area contributed by atoms with Gasteiger partial charge in [-0.05, 0) is 18.8 Å². The second-order valence-corrected chi connectivity index (χ2v) is 3.85. The van der Waals surface area contributed by atoms with Crippen molar-refractivity contribution in [2.45, 2.75) is 65.7 Å². The maximum Gasteiger partial charge on any atom is -0.0358 e. The van der Waals surface area contributed by atoms with Gasteiger partial charge in [0.15, 0.2) is 0 Å². The van der Waals surface area contributed by atoms with Crippen LogP contribution in [-0.2, 0) is 0 Å². The Morgan fingerprint density at radius 3 is 2.33 bits per heavy atom. The first kappa shape index (κ1) is 12.0. The summed E-state index contributed by atoms with van der Waals surface area (Å²) in [6.07, 6.45) is 12.1. The summed E-state index contributed by atoms with van der Waals surface area (Å²) in [7, 11) is 0. The molecule has 0 heteroatoms. The fourth-order valence-corrected chi connectivity index (χ4v) is 1.55. The van der Waals surface area contributed by atoms with E-state index in [4.69, 9.17) is 0 Å². The Hall–Kier alpha value is 0. The van der Waals surface area contributed by atoms with Crippen molar-refractivity contribution >= 4 is 0 Å². The highest BCUT2D eigenvalue weighted by molar-refractivity contribution is 4.71. The van der Waals surface area contributed by atoms with E-state index in [2.05, 4.69) is 27.2 Å². The van der Waals surface area contributed by atoms with Crippen LogP contribution in [0.25, 0.3) is 0 Å². The third kappa shape index (κ3) is 8.10. The predicted molar refractivity (Wildman–Crippen MR) is 57.1 cm³/mol. The minimum Gasteiger partial charge on any atom is -0.0654 e. The molecule has 0 fully saturated rings. The molecule has 0 amide bonds. The van der Waals surface area contributed by atoms with Gasteiger partial charge >= 0.3 is 0 Å². The predicted octanol–water partition coefficient (Wildman–Crippen LogP) is 4.60. The van der Waals surface area contributed by atoms with E-state index >= 15 is 0 Å². The molecule has 0 saturated carbocycles. The average molecular weight is 169 g/mol. The molecule has 0 saturated heterocycles. The van der Waals surface area contributed by atoms with Crippen molar-refractivity contribution in [3.05, 3.63) is 6.42 Å². The maximum absolute atomic E-state index is 2.50. The van der Waals surface area contributed by atoms with Crippen LogP contribution in [0.15, 0.2) is 0 Å². The third-order valence-corrected chi connectivity index (χ3v) is 2.37. The van der Waals surface area contributed by atoms with E-state index in [0.717, 1.165) is 5.92 Å². The molecule has 1 radical (unpaired) electrons. The molecule has 0 heterocycles. The molecule has 12 heavy (non-hydrogen) atoms. The summed E-state index contributed by atoms with van der Waals surface area (Å²) in [4.78, 5) is 0. The van der Waals surface area contributed by atoms with Gasteiger partial charge in [0, 0.05) is 0 Å². The summed E-state index contributed by atoms with van der Waals surface area (Å²) < 4.78 is 0. The van der Waals surface area contributed by atoms with Crippen LogP contribution < -0.4 is 0 Å². The largest absolute Gasteiger partial charge is 0.0654 e. The van der Waals surface area contributed by atoms with E-state index in [0.29, 0.717) is 0 Å². The van der Waals surface area contributed by atoms with Gasteiger partial charge in [-0.25, -0.2) is 0 Å². The standard InChI is InChI=1S/C12H25/c1-4-6-7-8-9-11-12(3)10-5-2/h11-12H,4-10H2,1-3H3. The van der Waals surface area contributed by atoms with E-state index in [1.807, 2.05) is 0 Å². The average Bonchev–Trinajstić information content (AvgIpc) is 2.05. The molecule has 0 aliphatic rings. The molecule has 0 bridgehead atoms. The van der Waals surface area contributed by atoms with Crippen LogP contribution in [0.4, 0.5) is 0 Å². The summed E-state index contributed by atoms with van der Waals surface area (Å²) in [5.41, 5.74) is 0. The molecule has 0 aliphatic carbocycles. The minimum absolute atomic E-state index is 0.844. The zero-order chi connectivity index (χ0) is 9.23. The van der Waals surface area contributed by atoms with E-state index < -0.39 is 0 Å². The van der Waals surface area contributed by atoms with Crippen LogP contribution in [0.2, 0.25) is 0 Å². The van der Waals surface area contributed by atoms with Crippen molar-refractivity contribution in [2.75, 3.05) is 0 Å². The molecule has 1 atom stereocenters. The summed E-state index contributed by atoms with van der Waals surface area (Å²) in [6.45, 7) is 6.87. The molecule has 73 valence electrons. The van der Waals surface area contributed by atoms with Gasteiger partial charge in [-0.2, -0.15) is 0 Å². The molecule has 0 spiro atoms. The fraction of sp³-hybridized carbons (Fsp3) is 0.917. The second-order valence-electron chi connectivity index (χ2n) is 3.85. The molecule has 0 rings (SSSR count). The van der Waals surface area contributed by atoms with Crippen molar-refractivity contribution in [1.29, 1.82) is 0 Å². The Bertz CT molecular complexity index is 76.1. The highest BCUT2D eigenvalue weighted by atomic mass is 14.0. The van der Waals surface area contributed by atoms with E-state index in [-0.39, 0.29) is 0 Å². The lowest BCUT2D eigenvalue weighted by atomic mass is 9.98. The van der Waals surface area contributed by atoms with E-state index in [1.54, 1.807) is 0 Å². The zero-order valence-electron chi connectivity index (χ0n) is 9.10. The minimum atomic E-state index is 0.844. The van der Waals surface area contributed by atoms with Crippen molar-refractivity contribution in [3.63, 3.8) is 0 Å².